The van der Waals surface area contributed by atoms with Gasteiger partial charge in [-0.25, -0.2) is 19.3 Å². The Kier molecular flexibility index (Phi) is 4.64. The average Bonchev–Trinajstić information content (AvgIpc) is 3.51. The number of fused-ring (bicyclic) bond motifs is 3. The number of ether oxygens (including phenoxy) is 1. The lowest BCUT2D eigenvalue weighted by atomic mass is 10.1. The van der Waals surface area contributed by atoms with Gasteiger partial charge in [0.2, 0.25) is 0 Å². The SMILES string of the molecule is Fc1cccnc1-c1cc2c(-c3nc(N4CCOC5=CNCC54)c4c(C5CC5)cncc4n3)ccnc2[nH]1. The number of nitrogens with zero attached hydrogens (tertiary/aromatic N) is 6. The second-order valence-electron chi connectivity index (χ2n) is 9.92. The Morgan fingerprint density at radius 2 is 2.03 bits per heavy atom. The van der Waals surface area contributed by atoms with Crippen molar-refractivity contribution in [1.29, 1.82) is 0 Å². The highest BCUT2D eigenvalue weighted by Crippen LogP contribution is 2.45. The topological polar surface area (TPSA) is 105 Å². The normalized spacial score (nSPS) is 18.8. The summed E-state index contributed by atoms with van der Waals surface area (Å²) in [5.74, 6) is 2.50. The van der Waals surface area contributed by atoms with Crippen molar-refractivity contribution in [3.05, 3.63) is 72.4 Å². The second kappa shape index (κ2) is 8.20. The van der Waals surface area contributed by atoms with Gasteiger partial charge >= 0.3 is 0 Å². The van der Waals surface area contributed by atoms with Crippen LogP contribution < -0.4 is 10.2 Å². The molecule has 0 spiro atoms. The van der Waals surface area contributed by atoms with Crippen LogP contribution in [0, 0.1) is 5.82 Å². The zero-order valence-electron chi connectivity index (χ0n) is 20.4. The van der Waals surface area contributed by atoms with Gasteiger partial charge in [-0.2, -0.15) is 0 Å². The molecule has 0 radical (unpaired) electrons. The van der Waals surface area contributed by atoms with Crippen LogP contribution in [-0.4, -0.2) is 55.6 Å². The summed E-state index contributed by atoms with van der Waals surface area (Å²) in [7, 11) is 0. The first-order valence-electron chi connectivity index (χ1n) is 12.8. The maximum atomic E-state index is 14.5. The highest BCUT2D eigenvalue weighted by molar-refractivity contribution is 5.98. The van der Waals surface area contributed by atoms with Gasteiger partial charge in [0, 0.05) is 47.7 Å². The Hall–Kier alpha value is -4.60. The van der Waals surface area contributed by atoms with Crippen LogP contribution >= 0.6 is 0 Å². The molecule has 7 heterocycles. The average molecular weight is 507 g/mol. The number of halogens is 1. The molecule has 3 aliphatic rings. The number of pyridine rings is 3. The Bertz CT molecular complexity index is 1760. The molecule has 1 atom stereocenters. The van der Waals surface area contributed by atoms with E-state index in [1.165, 1.54) is 11.6 Å². The molecule has 2 fully saturated rings. The molecule has 1 saturated carbocycles. The van der Waals surface area contributed by atoms with Crippen molar-refractivity contribution >= 4 is 27.8 Å². The van der Waals surface area contributed by atoms with Gasteiger partial charge in [-0.15, -0.1) is 0 Å². The Morgan fingerprint density at radius 3 is 2.92 bits per heavy atom. The minimum absolute atomic E-state index is 0.0679. The van der Waals surface area contributed by atoms with Crippen LogP contribution in [0.25, 0.3) is 44.7 Å². The van der Waals surface area contributed by atoms with Gasteiger partial charge in [-0.05, 0) is 48.6 Å². The Balaban J connectivity index is 1.34. The van der Waals surface area contributed by atoms with Crippen molar-refractivity contribution in [2.45, 2.75) is 24.8 Å². The van der Waals surface area contributed by atoms with Crippen molar-refractivity contribution in [3.63, 3.8) is 0 Å². The van der Waals surface area contributed by atoms with Crippen LogP contribution in [0.1, 0.15) is 24.3 Å². The van der Waals surface area contributed by atoms with Gasteiger partial charge in [-0.3, -0.25) is 9.97 Å². The maximum Gasteiger partial charge on any atom is 0.163 e. The summed E-state index contributed by atoms with van der Waals surface area (Å²) in [4.78, 5) is 29.0. The number of rotatable bonds is 4. The number of hydrogen-bond acceptors (Lipinski definition) is 8. The lowest BCUT2D eigenvalue weighted by molar-refractivity contribution is 0.174. The molecule has 9 nitrogen and oxygen atoms in total. The summed E-state index contributed by atoms with van der Waals surface area (Å²) in [5, 5.41) is 5.19. The molecule has 8 rings (SSSR count). The number of anilines is 1. The fourth-order valence-corrected chi connectivity index (χ4v) is 5.60. The van der Waals surface area contributed by atoms with Gasteiger partial charge in [0.25, 0.3) is 0 Å². The quantitative estimate of drug-likeness (QED) is 0.372. The third kappa shape index (κ3) is 3.33. The molecule has 5 aromatic heterocycles. The second-order valence-corrected chi connectivity index (χ2v) is 9.92. The largest absolute Gasteiger partial charge is 0.492 e. The molecule has 38 heavy (non-hydrogen) atoms. The molecule has 0 bridgehead atoms. The summed E-state index contributed by atoms with van der Waals surface area (Å²) in [6.07, 6.45) is 11.4. The first kappa shape index (κ1) is 21.5. The van der Waals surface area contributed by atoms with Crippen molar-refractivity contribution in [3.8, 4) is 22.8 Å². The molecule has 0 amide bonds. The predicted molar refractivity (Wildman–Crippen MR) is 141 cm³/mol. The zero-order chi connectivity index (χ0) is 25.2. The monoisotopic (exact) mass is 506 g/mol. The minimum atomic E-state index is -0.398. The first-order chi connectivity index (χ1) is 18.7. The number of morpholine rings is 1. The van der Waals surface area contributed by atoms with Gasteiger partial charge in [0.15, 0.2) is 11.6 Å². The third-order valence-electron chi connectivity index (χ3n) is 7.55. The first-order valence-corrected chi connectivity index (χ1v) is 12.8. The summed E-state index contributed by atoms with van der Waals surface area (Å²) in [6, 6.07) is 6.81. The van der Waals surface area contributed by atoms with Crippen molar-refractivity contribution in [2.24, 2.45) is 0 Å². The summed E-state index contributed by atoms with van der Waals surface area (Å²) in [6.45, 7) is 2.07. The molecule has 1 aliphatic carbocycles. The van der Waals surface area contributed by atoms with E-state index in [1.54, 1.807) is 18.5 Å². The van der Waals surface area contributed by atoms with E-state index in [9.17, 15) is 4.39 Å². The lowest BCUT2D eigenvalue weighted by Gasteiger charge is -2.36. The molecular weight excluding hydrogens is 483 g/mol. The van der Waals surface area contributed by atoms with Gasteiger partial charge in [0.05, 0.1) is 24.0 Å². The smallest absolute Gasteiger partial charge is 0.163 e. The fourth-order valence-electron chi connectivity index (χ4n) is 5.60. The number of H-pyrrole nitrogens is 1. The predicted octanol–water partition coefficient (Wildman–Crippen LogP) is 4.30. The van der Waals surface area contributed by atoms with Crippen LogP contribution in [0.3, 0.4) is 0 Å². The fraction of sp³-hybridized carbons (Fsp3) is 0.250. The Morgan fingerprint density at radius 1 is 1.08 bits per heavy atom. The van der Waals surface area contributed by atoms with E-state index in [-0.39, 0.29) is 11.7 Å². The molecule has 1 saturated heterocycles. The molecule has 2 N–H and O–H groups in total. The molecule has 0 aromatic carbocycles. The van der Waals surface area contributed by atoms with Crippen molar-refractivity contribution in [1.82, 2.24) is 35.2 Å². The molecule has 1 unspecified atom stereocenters. The van der Waals surface area contributed by atoms with Crippen LogP contribution in [0.15, 0.2) is 61.0 Å². The van der Waals surface area contributed by atoms with E-state index >= 15 is 0 Å². The number of hydrogen-bond donors (Lipinski definition) is 2. The lowest BCUT2D eigenvalue weighted by Crippen LogP contribution is -2.46. The summed E-state index contributed by atoms with van der Waals surface area (Å²) < 4.78 is 20.5. The van der Waals surface area contributed by atoms with Gasteiger partial charge in [-0.1, -0.05) is 0 Å². The van der Waals surface area contributed by atoms with Gasteiger partial charge in [0.1, 0.15) is 35.6 Å². The van der Waals surface area contributed by atoms with E-state index < -0.39 is 5.82 Å². The van der Waals surface area contributed by atoms with Crippen molar-refractivity contribution in [2.75, 3.05) is 24.6 Å². The summed E-state index contributed by atoms with van der Waals surface area (Å²) >= 11 is 0. The van der Waals surface area contributed by atoms with E-state index in [0.29, 0.717) is 29.7 Å². The van der Waals surface area contributed by atoms with E-state index in [2.05, 4.69) is 30.2 Å². The summed E-state index contributed by atoms with van der Waals surface area (Å²) in [5.41, 5.74) is 4.25. The third-order valence-corrected chi connectivity index (χ3v) is 7.55. The van der Waals surface area contributed by atoms with Crippen molar-refractivity contribution < 1.29 is 9.13 Å². The van der Waals surface area contributed by atoms with Gasteiger partial charge < -0.3 is 19.9 Å². The zero-order valence-corrected chi connectivity index (χ0v) is 20.4. The molecule has 10 heteroatoms. The molecule has 2 aliphatic heterocycles. The number of aromatic amines is 1. The molecular formula is C28H23FN8O. The standard InChI is InChI=1S/C28H23FN8O/c29-19-2-1-6-32-25(19)20-10-17-16(5-7-33-26(17)34-20)27-35-21-12-30-11-18(15-3-4-15)24(21)28(36-27)37-8-9-38-23-14-31-13-22(23)37/h1-2,5-7,10-12,14-15,22,31H,3-4,8-9,13H2,(H,33,34). The number of nitrogens with one attached hydrogen (secondary N) is 2. The molecule has 5 aromatic rings. The maximum absolute atomic E-state index is 14.5. The highest BCUT2D eigenvalue weighted by Gasteiger charge is 2.35. The van der Waals surface area contributed by atoms with E-state index in [1.807, 2.05) is 30.7 Å². The number of aromatic nitrogens is 6. The van der Waals surface area contributed by atoms with Crippen LogP contribution in [0.4, 0.5) is 10.2 Å². The van der Waals surface area contributed by atoms with E-state index in [0.717, 1.165) is 59.4 Å². The minimum Gasteiger partial charge on any atom is -0.492 e. The van der Waals surface area contributed by atoms with Crippen LogP contribution in [-0.2, 0) is 4.74 Å². The Labute approximate surface area is 216 Å². The van der Waals surface area contributed by atoms with Crippen LogP contribution in [0.2, 0.25) is 0 Å². The van der Waals surface area contributed by atoms with E-state index in [4.69, 9.17) is 14.7 Å². The highest BCUT2D eigenvalue weighted by atomic mass is 19.1. The molecule has 188 valence electrons. The van der Waals surface area contributed by atoms with Crippen LogP contribution in [0.5, 0.6) is 0 Å².